The van der Waals surface area contributed by atoms with Gasteiger partial charge in [-0.05, 0) is 17.6 Å². The molecule has 1 aromatic heterocycles. The second-order valence-corrected chi connectivity index (χ2v) is 3.23. The molecule has 6 heteroatoms. The van der Waals surface area contributed by atoms with Gasteiger partial charge in [-0.1, -0.05) is 0 Å². The third-order valence-electron chi connectivity index (χ3n) is 1.67. The summed E-state index contributed by atoms with van der Waals surface area (Å²) in [5.74, 6) is 0.0225. The zero-order valence-corrected chi connectivity index (χ0v) is 7.11. The van der Waals surface area contributed by atoms with Gasteiger partial charge in [-0.15, -0.1) is 0 Å². The van der Waals surface area contributed by atoms with Crippen LogP contribution in [0.25, 0.3) is 10.1 Å². The van der Waals surface area contributed by atoms with Crippen LogP contribution in [0.5, 0.6) is 5.75 Å². The Kier molecular flexibility index (Phi) is 1.63. The Morgan fingerprint density at radius 2 is 2.31 bits per heavy atom. The third kappa shape index (κ3) is 1.11. The minimum absolute atomic E-state index is 0.0182. The molecule has 0 aliphatic carbocycles. The Morgan fingerprint density at radius 3 is 3.00 bits per heavy atom. The van der Waals surface area contributed by atoms with Crippen LogP contribution < -0.4 is 0 Å². The highest BCUT2D eigenvalue weighted by molar-refractivity contribution is 7.14. The quantitative estimate of drug-likeness (QED) is 0.558. The molecule has 0 bridgehead atoms. The van der Waals surface area contributed by atoms with E-state index in [1.54, 1.807) is 0 Å². The van der Waals surface area contributed by atoms with Crippen LogP contribution in [0.1, 0.15) is 0 Å². The second-order valence-electron chi connectivity index (χ2n) is 2.43. The number of nitrogens with zero attached hydrogens (tertiary/aromatic N) is 2. The van der Waals surface area contributed by atoms with E-state index in [1.807, 2.05) is 0 Å². The standard InChI is InChI=1S/C7H4N2O3S/c10-6-2-1-5(9(11)12)7-4(6)3-8-13-7/h1-3,10H. The van der Waals surface area contributed by atoms with Crippen molar-refractivity contribution in [2.45, 2.75) is 0 Å². The first-order valence-corrected chi connectivity index (χ1v) is 4.18. The van der Waals surface area contributed by atoms with Crippen molar-refractivity contribution in [3.8, 4) is 5.75 Å². The third-order valence-corrected chi connectivity index (χ3v) is 2.50. The summed E-state index contributed by atoms with van der Waals surface area (Å²) in [6, 6.07) is 2.57. The van der Waals surface area contributed by atoms with E-state index in [1.165, 1.54) is 18.3 Å². The number of non-ortho nitro benzene ring substituents is 1. The van der Waals surface area contributed by atoms with Gasteiger partial charge in [-0.25, -0.2) is 0 Å². The van der Waals surface area contributed by atoms with E-state index in [-0.39, 0.29) is 11.4 Å². The average molecular weight is 196 g/mol. The smallest absolute Gasteiger partial charge is 0.288 e. The maximum Gasteiger partial charge on any atom is 0.288 e. The molecule has 0 fully saturated rings. The molecule has 0 radical (unpaired) electrons. The van der Waals surface area contributed by atoms with Gasteiger partial charge in [-0.2, -0.15) is 4.37 Å². The number of aromatic nitrogens is 1. The second kappa shape index (κ2) is 2.67. The molecule has 5 nitrogen and oxygen atoms in total. The molecule has 0 atom stereocenters. The van der Waals surface area contributed by atoms with E-state index < -0.39 is 4.92 Å². The molecule has 1 heterocycles. The number of nitro benzene ring substituents is 1. The topological polar surface area (TPSA) is 76.3 Å². The van der Waals surface area contributed by atoms with Crippen LogP contribution in [0.2, 0.25) is 0 Å². The lowest BCUT2D eigenvalue weighted by atomic mass is 10.2. The van der Waals surface area contributed by atoms with Crippen molar-refractivity contribution in [1.29, 1.82) is 0 Å². The number of phenolic OH excluding ortho intramolecular Hbond substituents is 1. The SMILES string of the molecule is O=[N+]([O-])c1ccc(O)c2cnsc12. The van der Waals surface area contributed by atoms with Crippen molar-refractivity contribution in [3.63, 3.8) is 0 Å². The number of benzene rings is 1. The zero-order valence-electron chi connectivity index (χ0n) is 6.30. The van der Waals surface area contributed by atoms with Gasteiger partial charge in [-0.3, -0.25) is 10.1 Å². The average Bonchev–Trinajstić information content (AvgIpc) is 2.53. The van der Waals surface area contributed by atoms with Crippen molar-refractivity contribution in [1.82, 2.24) is 4.37 Å². The molecule has 0 saturated carbocycles. The highest BCUT2D eigenvalue weighted by Gasteiger charge is 2.15. The van der Waals surface area contributed by atoms with Crippen LogP contribution in [-0.2, 0) is 0 Å². The molecule has 0 unspecified atom stereocenters. The number of rotatable bonds is 1. The summed E-state index contributed by atoms with van der Waals surface area (Å²) in [4.78, 5) is 10.0. The molecule has 2 aromatic rings. The highest BCUT2D eigenvalue weighted by Crippen LogP contribution is 2.34. The van der Waals surface area contributed by atoms with Gasteiger partial charge in [0.25, 0.3) is 5.69 Å². The van der Waals surface area contributed by atoms with Crippen LogP contribution in [0.15, 0.2) is 18.3 Å². The van der Waals surface area contributed by atoms with Crippen molar-refractivity contribution >= 4 is 27.3 Å². The van der Waals surface area contributed by atoms with Gasteiger partial charge in [0.1, 0.15) is 10.4 Å². The monoisotopic (exact) mass is 196 g/mol. The van der Waals surface area contributed by atoms with Crippen LogP contribution in [0.3, 0.4) is 0 Å². The molecule has 2 rings (SSSR count). The first kappa shape index (κ1) is 7.93. The molecule has 0 aliphatic rings. The van der Waals surface area contributed by atoms with Crippen molar-refractivity contribution in [2.24, 2.45) is 0 Å². The van der Waals surface area contributed by atoms with Gasteiger partial charge >= 0.3 is 0 Å². The van der Waals surface area contributed by atoms with Crippen LogP contribution in [-0.4, -0.2) is 14.4 Å². The lowest BCUT2D eigenvalue weighted by Gasteiger charge is -1.94. The van der Waals surface area contributed by atoms with Crippen molar-refractivity contribution < 1.29 is 10.0 Å². The fourth-order valence-electron chi connectivity index (χ4n) is 1.07. The molecule has 0 saturated heterocycles. The van der Waals surface area contributed by atoms with Gasteiger partial charge in [0.05, 0.1) is 16.5 Å². The molecule has 0 amide bonds. The maximum absolute atomic E-state index is 10.5. The fraction of sp³-hybridized carbons (Fsp3) is 0. The normalized spacial score (nSPS) is 10.5. The molecule has 1 N–H and O–H groups in total. The van der Waals surface area contributed by atoms with Gasteiger partial charge < -0.3 is 5.11 Å². The molecule has 0 spiro atoms. The van der Waals surface area contributed by atoms with Gasteiger partial charge in [0.2, 0.25) is 0 Å². The van der Waals surface area contributed by atoms with Crippen molar-refractivity contribution in [3.05, 3.63) is 28.4 Å². The van der Waals surface area contributed by atoms with E-state index in [2.05, 4.69) is 4.37 Å². The summed E-state index contributed by atoms with van der Waals surface area (Å²) >= 11 is 1.00. The Bertz CT molecular complexity index is 480. The number of aromatic hydroxyl groups is 1. The van der Waals surface area contributed by atoms with Crippen LogP contribution >= 0.6 is 11.5 Å². The molecule has 66 valence electrons. The van der Waals surface area contributed by atoms with Crippen LogP contribution in [0.4, 0.5) is 5.69 Å². The Hall–Kier alpha value is -1.69. The summed E-state index contributed by atoms with van der Waals surface area (Å²) in [5.41, 5.74) is -0.0182. The molecular formula is C7H4N2O3S. The molecule has 1 aromatic carbocycles. The van der Waals surface area contributed by atoms with Gasteiger partial charge in [0.15, 0.2) is 0 Å². The van der Waals surface area contributed by atoms with E-state index in [4.69, 9.17) is 0 Å². The van der Waals surface area contributed by atoms with E-state index in [0.717, 1.165) is 11.5 Å². The molecule has 0 aliphatic heterocycles. The predicted molar refractivity (Wildman–Crippen MR) is 47.9 cm³/mol. The maximum atomic E-state index is 10.5. The van der Waals surface area contributed by atoms with Crippen molar-refractivity contribution in [2.75, 3.05) is 0 Å². The Labute approximate surface area is 76.6 Å². The lowest BCUT2D eigenvalue weighted by Crippen LogP contribution is -1.86. The number of hydrogen-bond acceptors (Lipinski definition) is 5. The summed E-state index contributed by atoms with van der Waals surface area (Å²) in [6.07, 6.45) is 1.42. The fourth-order valence-corrected chi connectivity index (χ4v) is 1.83. The number of phenols is 1. The molecular weight excluding hydrogens is 192 g/mol. The summed E-state index contributed by atoms with van der Waals surface area (Å²) in [5, 5.41) is 20.3. The highest BCUT2D eigenvalue weighted by atomic mass is 32.1. The van der Waals surface area contributed by atoms with E-state index >= 15 is 0 Å². The van der Waals surface area contributed by atoms with E-state index in [0.29, 0.717) is 10.1 Å². The largest absolute Gasteiger partial charge is 0.507 e. The minimum Gasteiger partial charge on any atom is -0.507 e. The first-order chi connectivity index (χ1) is 6.20. The zero-order chi connectivity index (χ0) is 9.42. The van der Waals surface area contributed by atoms with Crippen LogP contribution in [0, 0.1) is 10.1 Å². The number of nitro groups is 1. The van der Waals surface area contributed by atoms with E-state index in [9.17, 15) is 15.2 Å². The summed E-state index contributed by atoms with van der Waals surface area (Å²) in [6.45, 7) is 0. The Morgan fingerprint density at radius 1 is 1.54 bits per heavy atom. The minimum atomic E-state index is -0.486. The first-order valence-electron chi connectivity index (χ1n) is 3.41. The summed E-state index contributed by atoms with van der Waals surface area (Å²) in [7, 11) is 0. The number of fused-ring (bicyclic) bond motifs is 1. The lowest BCUT2D eigenvalue weighted by molar-refractivity contribution is -0.382. The number of hydrogen-bond donors (Lipinski definition) is 1. The summed E-state index contributed by atoms with van der Waals surface area (Å²) < 4.78 is 4.19. The Balaban J connectivity index is 2.86. The predicted octanol–water partition coefficient (Wildman–Crippen LogP) is 1.91. The van der Waals surface area contributed by atoms with Gasteiger partial charge in [0, 0.05) is 6.07 Å². The molecule has 13 heavy (non-hydrogen) atoms.